The van der Waals surface area contributed by atoms with Crippen molar-refractivity contribution in [2.24, 2.45) is 107 Å². The van der Waals surface area contributed by atoms with Crippen molar-refractivity contribution in [3.8, 4) is 0 Å². The summed E-state index contributed by atoms with van der Waals surface area (Å²) in [6.45, 7) is 28.4. The van der Waals surface area contributed by atoms with Crippen LogP contribution in [0.15, 0.2) is 49.6 Å². The summed E-state index contributed by atoms with van der Waals surface area (Å²) in [4.78, 5) is 93.5. The van der Waals surface area contributed by atoms with Crippen molar-refractivity contribution >= 4 is 47.8 Å². The molecule has 0 spiro atoms. The van der Waals surface area contributed by atoms with Gasteiger partial charge in [-0.2, -0.15) is 0 Å². The molecule has 0 N–H and O–H groups in total. The van der Waals surface area contributed by atoms with E-state index in [-0.39, 0.29) is 48.8 Å². The first kappa shape index (κ1) is 67.1. The van der Waals surface area contributed by atoms with Gasteiger partial charge in [-0.25, -0.2) is 38.4 Å². The second-order valence-corrected chi connectivity index (χ2v) is 29.5. The van der Waals surface area contributed by atoms with Gasteiger partial charge in [-0.3, -0.25) is 0 Å². The Morgan fingerprint density at radius 1 is 0.409 bits per heavy atom. The molecule has 12 fully saturated rings. The average molecular weight is 1230 g/mol. The predicted octanol–water partition coefficient (Wildman–Crippen LogP) is 12.7. The highest BCUT2D eigenvalue weighted by molar-refractivity contribution is 5.89. The third kappa shape index (κ3) is 13.3. The summed E-state index contributed by atoms with van der Waals surface area (Å²) in [6.07, 6.45) is 28.5. The van der Waals surface area contributed by atoms with Crippen molar-refractivity contribution in [1.82, 2.24) is 0 Å². The standard InChI is InChI=1S/C19H28O4.2C18H26O4.C17H24O4/c1-11(2)18(21)22-10-17(20)23-19(12(3)4)9-13-8-16(19)15-7-5-6-14(13)15;1-4-18(22-16(19)10-21-17(20)11(2)3)9-12-8-15(18)14-7-5-6-13(12)14;1-4-16(19)21-10-17(20)22-18(11(2)3)9-12-8-15(18)14-7-5-6-13(12)14;1-3-15(18)20-10-16(19)21-17(4-2)9-11-8-14(17)13-7-5-6-12(11)13/h12-16H,1,5-10H2,2-4H3;12-15H,2,4-10H2,1,3H3;4,11-15H,1,5-10H2,2-3H3;3,11-14H,1,4-10H2,2H3. The van der Waals surface area contributed by atoms with E-state index in [4.69, 9.17) is 37.9 Å². The van der Waals surface area contributed by atoms with E-state index in [1.807, 2.05) is 0 Å². The number of rotatable bonds is 20. The molecule has 20 unspecified atom stereocenters. The maximum absolute atomic E-state index is 12.3. The summed E-state index contributed by atoms with van der Waals surface area (Å²) in [5, 5.41) is 0. The fourth-order valence-electron chi connectivity index (χ4n) is 21.6. The van der Waals surface area contributed by atoms with Crippen LogP contribution in [-0.2, 0) is 76.3 Å². The molecule has 0 heterocycles. The zero-order valence-corrected chi connectivity index (χ0v) is 54.3. The Bertz CT molecular complexity index is 2670. The Morgan fingerprint density at radius 2 is 0.682 bits per heavy atom. The molecule has 8 bridgehead atoms. The Balaban J connectivity index is 0.000000140. The molecule has 0 aliphatic heterocycles. The van der Waals surface area contributed by atoms with E-state index in [0.717, 1.165) is 110 Å². The lowest BCUT2D eigenvalue weighted by atomic mass is 9.68. The van der Waals surface area contributed by atoms with Gasteiger partial charge in [-0.15, -0.1) is 0 Å². The van der Waals surface area contributed by atoms with E-state index < -0.39 is 47.8 Å². The second kappa shape index (κ2) is 27.7. The molecule has 12 aliphatic carbocycles. The lowest BCUT2D eigenvalue weighted by molar-refractivity contribution is -0.184. The molecule has 12 saturated carbocycles. The van der Waals surface area contributed by atoms with Crippen molar-refractivity contribution in [1.29, 1.82) is 0 Å². The Hall–Kier alpha value is -5.28. The van der Waals surface area contributed by atoms with Gasteiger partial charge in [-0.05, 0) is 212 Å². The van der Waals surface area contributed by atoms with Crippen LogP contribution in [0.4, 0.5) is 0 Å². The fourth-order valence-corrected chi connectivity index (χ4v) is 21.6. The highest BCUT2D eigenvalue weighted by atomic mass is 16.6. The monoisotopic (exact) mass is 1220 g/mol. The van der Waals surface area contributed by atoms with E-state index in [1.54, 1.807) is 13.8 Å². The van der Waals surface area contributed by atoms with Crippen LogP contribution in [0.2, 0.25) is 0 Å². The van der Waals surface area contributed by atoms with Crippen LogP contribution < -0.4 is 0 Å². The maximum Gasteiger partial charge on any atom is 0.344 e. The molecule has 16 nitrogen and oxygen atoms in total. The van der Waals surface area contributed by atoms with Crippen LogP contribution in [0.1, 0.15) is 197 Å². The highest BCUT2D eigenvalue weighted by Crippen LogP contribution is 2.68. The fraction of sp³-hybridized carbons (Fsp3) is 0.778. The molecule has 20 atom stereocenters. The second-order valence-electron chi connectivity index (χ2n) is 29.5. The van der Waals surface area contributed by atoms with Gasteiger partial charge in [0.15, 0.2) is 26.4 Å². The molecule has 0 aromatic carbocycles. The molecule has 0 amide bonds. The predicted molar refractivity (Wildman–Crippen MR) is 328 cm³/mol. The molecule has 16 heteroatoms. The first-order chi connectivity index (χ1) is 41.9. The van der Waals surface area contributed by atoms with Crippen LogP contribution >= 0.6 is 0 Å². The molecule has 0 aromatic rings. The zero-order valence-electron chi connectivity index (χ0n) is 54.3. The minimum absolute atomic E-state index is 0.292. The molecular formula is C72H104O16. The van der Waals surface area contributed by atoms with E-state index in [1.165, 1.54) is 103 Å². The number of hydrogen-bond donors (Lipinski definition) is 0. The van der Waals surface area contributed by atoms with Crippen LogP contribution in [0, 0.1) is 107 Å². The molecule has 88 heavy (non-hydrogen) atoms. The SMILES string of the molecule is C=C(C)C(=O)OCC(=O)OC1(C(C)C)CC2CC1C1CCCC21.C=C(C)C(=O)OCC(=O)OC1(CC)CC2CC1C1CCCC21.C=CC(=O)OCC(=O)OC1(C(C)C)CC2CC1C1CCCC21.C=CC(=O)OCC(=O)OC1(CC)CC2CC1C1CCCC21. The number of fused-ring (bicyclic) bond motifs is 20. The number of esters is 8. The summed E-state index contributed by atoms with van der Waals surface area (Å²) in [5.41, 5.74) is -0.746. The van der Waals surface area contributed by atoms with E-state index in [0.29, 0.717) is 58.5 Å². The molecular weight excluding hydrogens is 1120 g/mol. The zero-order chi connectivity index (χ0) is 63.6. The average Bonchev–Trinajstić information content (AvgIpc) is 1.69. The van der Waals surface area contributed by atoms with Crippen LogP contribution in [0.5, 0.6) is 0 Å². The third-order valence-electron chi connectivity index (χ3n) is 24.9. The smallest absolute Gasteiger partial charge is 0.344 e. The van der Waals surface area contributed by atoms with Crippen molar-refractivity contribution < 1.29 is 76.3 Å². The molecule has 488 valence electrons. The maximum atomic E-state index is 12.3. The summed E-state index contributed by atoms with van der Waals surface area (Å²) >= 11 is 0. The number of ether oxygens (including phenoxy) is 8. The van der Waals surface area contributed by atoms with Gasteiger partial charge in [-0.1, -0.05) is 93.5 Å². The highest BCUT2D eigenvalue weighted by Gasteiger charge is 2.67. The van der Waals surface area contributed by atoms with Crippen LogP contribution in [0.3, 0.4) is 0 Å². The summed E-state index contributed by atoms with van der Waals surface area (Å²) in [5.74, 6) is 7.91. The Kier molecular flexibility index (Phi) is 21.1. The van der Waals surface area contributed by atoms with E-state index >= 15 is 0 Å². The topological polar surface area (TPSA) is 210 Å². The van der Waals surface area contributed by atoms with Crippen LogP contribution in [0.25, 0.3) is 0 Å². The van der Waals surface area contributed by atoms with E-state index in [9.17, 15) is 38.4 Å². The number of hydrogen-bond acceptors (Lipinski definition) is 16. The molecule has 0 radical (unpaired) electrons. The van der Waals surface area contributed by atoms with Gasteiger partial charge in [0.2, 0.25) is 0 Å². The molecule has 0 aromatic heterocycles. The lowest BCUT2D eigenvalue weighted by Gasteiger charge is -2.45. The van der Waals surface area contributed by atoms with Gasteiger partial charge >= 0.3 is 47.8 Å². The Morgan fingerprint density at radius 3 is 0.977 bits per heavy atom. The minimum atomic E-state index is -0.584. The van der Waals surface area contributed by atoms with Crippen molar-refractivity contribution in [2.75, 3.05) is 26.4 Å². The van der Waals surface area contributed by atoms with Gasteiger partial charge < -0.3 is 37.9 Å². The third-order valence-corrected chi connectivity index (χ3v) is 24.9. The van der Waals surface area contributed by atoms with Crippen molar-refractivity contribution in [3.05, 3.63) is 49.6 Å². The first-order valence-electron chi connectivity index (χ1n) is 34.0. The van der Waals surface area contributed by atoms with Crippen molar-refractivity contribution in [3.63, 3.8) is 0 Å². The largest absolute Gasteiger partial charge is 0.456 e. The first-order valence-corrected chi connectivity index (χ1v) is 34.0. The summed E-state index contributed by atoms with van der Waals surface area (Å²) < 4.78 is 43.1. The minimum Gasteiger partial charge on any atom is -0.456 e. The lowest BCUT2D eigenvalue weighted by Crippen LogP contribution is -2.49. The molecule has 12 aliphatic rings. The van der Waals surface area contributed by atoms with Gasteiger partial charge in [0.25, 0.3) is 0 Å². The quantitative estimate of drug-likeness (QED) is 0.0630. The van der Waals surface area contributed by atoms with Gasteiger partial charge in [0.1, 0.15) is 22.4 Å². The van der Waals surface area contributed by atoms with Gasteiger partial charge in [0, 0.05) is 47.0 Å². The molecule has 0 saturated heterocycles. The number of carbonyl (C=O) groups is 8. The van der Waals surface area contributed by atoms with E-state index in [2.05, 4.69) is 67.9 Å². The normalized spacial score (nSPS) is 38.8. The summed E-state index contributed by atoms with van der Waals surface area (Å²) in [7, 11) is 0. The van der Waals surface area contributed by atoms with Crippen LogP contribution in [-0.4, -0.2) is 96.6 Å². The Labute approximate surface area is 523 Å². The number of carbonyl (C=O) groups excluding carboxylic acids is 8. The summed E-state index contributed by atoms with van der Waals surface area (Å²) in [6, 6.07) is 0. The van der Waals surface area contributed by atoms with Crippen molar-refractivity contribution in [2.45, 2.75) is 219 Å². The van der Waals surface area contributed by atoms with Gasteiger partial charge in [0.05, 0.1) is 0 Å². The molecule has 12 rings (SSSR count).